The van der Waals surface area contributed by atoms with Crippen molar-refractivity contribution in [2.45, 2.75) is 26.9 Å². The first-order valence-electron chi connectivity index (χ1n) is 9.43. The molecule has 0 atom stereocenters. The number of benzene rings is 2. The molecule has 3 rings (SSSR count). The molecule has 0 radical (unpaired) electrons. The quantitative estimate of drug-likeness (QED) is 0.342. The molecular formula is C21H20BrN3O4S2. The summed E-state index contributed by atoms with van der Waals surface area (Å²) in [6.45, 7) is 6.01. The third kappa shape index (κ3) is 5.99. The first-order valence-corrected chi connectivity index (χ1v) is 11.4. The third-order valence-corrected chi connectivity index (χ3v) is 5.67. The van der Waals surface area contributed by atoms with E-state index in [2.05, 4.69) is 31.5 Å². The molecule has 0 fully saturated rings. The van der Waals surface area contributed by atoms with Gasteiger partial charge in [0.1, 0.15) is 5.75 Å². The monoisotopic (exact) mass is 521 g/mol. The lowest BCUT2D eigenvalue weighted by Crippen LogP contribution is -2.34. The van der Waals surface area contributed by atoms with Crippen molar-refractivity contribution in [2.24, 2.45) is 0 Å². The summed E-state index contributed by atoms with van der Waals surface area (Å²) in [6, 6.07) is 10.2. The number of carbonyl (C=O) groups is 2. The van der Waals surface area contributed by atoms with Crippen LogP contribution in [0.4, 0.5) is 5.13 Å². The van der Waals surface area contributed by atoms with Crippen molar-refractivity contribution in [1.29, 1.82) is 0 Å². The first kappa shape index (κ1) is 23.1. The van der Waals surface area contributed by atoms with Crippen LogP contribution in [0.1, 0.15) is 41.5 Å². The van der Waals surface area contributed by atoms with Gasteiger partial charge in [-0.3, -0.25) is 10.1 Å². The van der Waals surface area contributed by atoms with Gasteiger partial charge >= 0.3 is 5.97 Å². The summed E-state index contributed by atoms with van der Waals surface area (Å²) in [5, 5.41) is 6.17. The fourth-order valence-corrected chi connectivity index (χ4v) is 4.26. The van der Waals surface area contributed by atoms with E-state index in [4.69, 9.17) is 21.7 Å². The largest absolute Gasteiger partial charge is 0.493 e. The molecule has 0 spiro atoms. The van der Waals surface area contributed by atoms with Gasteiger partial charge in [-0.05, 0) is 85.3 Å². The second-order valence-corrected chi connectivity index (χ2v) is 8.94. The van der Waals surface area contributed by atoms with Crippen LogP contribution in [0.5, 0.6) is 5.75 Å². The van der Waals surface area contributed by atoms with Gasteiger partial charge in [-0.1, -0.05) is 11.3 Å². The molecule has 0 aliphatic rings. The lowest BCUT2D eigenvalue weighted by molar-refractivity contribution is 0.0378. The van der Waals surface area contributed by atoms with Crippen molar-refractivity contribution in [3.05, 3.63) is 52.0 Å². The van der Waals surface area contributed by atoms with Gasteiger partial charge in [0.2, 0.25) is 0 Å². The Balaban J connectivity index is 1.66. The van der Waals surface area contributed by atoms with Gasteiger partial charge in [-0.2, -0.15) is 0 Å². The van der Waals surface area contributed by atoms with Crippen molar-refractivity contribution in [3.8, 4) is 5.75 Å². The topological polar surface area (TPSA) is 89.5 Å². The van der Waals surface area contributed by atoms with Crippen molar-refractivity contribution >= 4 is 71.8 Å². The van der Waals surface area contributed by atoms with Crippen LogP contribution in [0, 0.1) is 0 Å². The van der Waals surface area contributed by atoms with E-state index in [1.165, 1.54) is 11.3 Å². The Kier molecular flexibility index (Phi) is 7.58. The molecule has 2 aromatic carbocycles. The van der Waals surface area contributed by atoms with Gasteiger partial charge in [-0.15, -0.1) is 0 Å². The molecule has 162 valence electrons. The molecule has 0 aliphatic carbocycles. The molecule has 31 heavy (non-hydrogen) atoms. The Morgan fingerprint density at radius 2 is 1.94 bits per heavy atom. The van der Waals surface area contributed by atoms with Crippen LogP contribution in [-0.2, 0) is 4.74 Å². The summed E-state index contributed by atoms with van der Waals surface area (Å²) in [6.07, 6.45) is -0.195. The van der Waals surface area contributed by atoms with Crippen molar-refractivity contribution in [3.63, 3.8) is 0 Å². The van der Waals surface area contributed by atoms with Crippen LogP contribution in [0.15, 0.2) is 40.9 Å². The van der Waals surface area contributed by atoms with E-state index >= 15 is 0 Å². The number of aromatic nitrogens is 1. The van der Waals surface area contributed by atoms with Gasteiger partial charge < -0.3 is 14.8 Å². The number of amides is 1. The zero-order chi connectivity index (χ0) is 22.5. The normalized spacial score (nSPS) is 10.7. The highest BCUT2D eigenvalue weighted by Crippen LogP contribution is 2.28. The van der Waals surface area contributed by atoms with Gasteiger partial charge in [-0.25, -0.2) is 9.78 Å². The molecule has 1 heterocycles. The van der Waals surface area contributed by atoms with E-state index < -0.39 is 0 Å². The number of halogens is 1. The average Bonchev–Trinajstić information content (AvgIpc) is 3.10. The molecule has 0 bridgehead atoms. The Hall–Kier alpha value is -2.56. The fraction of sp³-hybridized carbons (Fsp3) is 0.238. The van der Waals surface area contributed by atoms with E-state index in [1.807, 2.05) is 6.92 Å². The molecule has 1 amide bonds. The highest BCUT2D eigenvalue weighted by molar-refractivity contribution is 9.10. The standard InChI is InChI=1S/C21H20BrN3O4S2/c1-4-28-16-8-6-12(9-14(16)22)18(26)24-20(30)25-21-23-15-7-5-13(10-17(15)31-21)19(27)29-11(2)3/h5-11H,4H2,1-3H3,(H2,23,24,25,26,30). The number of hydrogen-bond donors (Lipinski definition) is 2. The minimum atomic E-state index is -0.385. The highest BCUT2D eigenvalue weighted by Gasteiger charge is 2.14. The number of ether oxygens (including phenoxy) is 2. The summed E-state index contributed by atoms with van der Waals surface area (Å²) >= 11 is 9.95. The maximum atomic E-state index is 12.5. The Labute approximate surface area is 197 Å². The average molecular weight is 522 g/mol. The maximum Gasteiger partial charge on any atom is 0.338 e. The number of nitrogens with one attached hydrogen (secondary N) is 2. The van der Waals surface area contributed by atoms with Gasteiger partial charge in [0.25, 0.3) is 5.91 Å². The summed E-state index contributed by atoms with van der Waals surface area (Å²) in [5.41, 5.74) is 1.59. The van der Waals surface area contributed by atoms with Crippen molar-refractivity contribution < 1.29 is 19.1 Å². The summed E-state index contributed by atoms with van der Waals surface area (Å²) in [7, 11) is 0. The minimum Gasteiger partial charge on any atom is -0.493 e. The molecule has 0 unspecified atom stereocenters. The number of rotatable bonds is 6. The van der Waals surface area contributed by atoms with Crippen LogP contribution in [0.2, 0.25) is 0 Å². The Bertz CT molecular complexity index is 1150. The van der Waals surface area contributed by atoms with E-state index in [-0.39, 0.29) is 23.1 Å². The fourth-order valence-electron chi connectivity index (χ4n) is 2.61. The molecule has 7 nitrogen and oxygen atoms in total. The summed E-state index contributed by atoms with van der Waals surface area (Å²) in [4.78, 5) is 29.0. The molecule has 0 aliphatic heterocycles. The second-order valence-electron chi connectivity index (χ2n) is 6.64. The van der Waals surface area contributed by atoms with Crippen molar-refractivity contribution in [2.75, 3.05) is 11.9 Å². The zero-order valence-electron chi connectivity index (χ0n) is 17.0. The number of carbonyl (C=O) groups excluding carboxylic acids is 2. The Morgan fingerprint density at radius 3 is 2.61 bits per heavy atom. The molecule has 10 heteroatoms. The summed E-state index contributed by atoms with van der Waals surface area (Å²) < 4.78 is 12.1. The molecule has 2 N–H and O–H groups in total. The SMILES string of the molecule is CCOc1ccc(C(=O)NC(=S)Nc2nc3ccc(C(=O)OC(C)C)cc3s2)cc1Br. The molecule has 0 saturated carbocycles. The number of anilines is 1. The number of esters is 1. The number of nitrogens with zero attached hydrogens (tertiary/aromatic N) is 1. The van der Waals surface area contributed by atoms with Gasteiger partial charge in [0.15, 0.2) is 10.2 Å². The van der Waals surface area contributed by atoms with E-state index in [0.717, 1.165) is 4.70 Å². The minimum absolute atomic E-state index is 0.119. The van der Waals surface area contributed by atoms with Crippen LogP contribution in [0.25, 0.3) is 10.2 Å². The first-order chi connectivity index (χ1) is 14.8. The van der Waals surface area contributed by atoms with Crippen LogP contribution in [0.3, 0.4) is 0 Å². The van der Waals surface area contributed by atoms with Crippen LogP contribution < -0.4 is 15.4 Å². The third-order valence-electron chi connectivity index (χ3n) is 3.91. The van der Waals surface area contributed by atoms with Crippen molar-refractivity contribution in [1.82, 2.24) is 10.3 Å². The number of fused-ring (bicyclic) bond motifs is 1. The van der Waals surface area contributed by atoms with E-state index in [1.54, 1.807) is 50.2 Å². The zero-order valence-corrected chi connectivity index (χ0v) is 20.2. The van der Waals surface area contributed by atoms with Crippen LogP contribution in [-0.4, -0.2) is 34.7 Å². The number of hydrogen-bond acceptors (Lipinski definition) is 7. The second kappa shape index (κ2) is 10.2. The molecule has 1 aromatic heterocycles. The van der Waals surface area contributed by atoms with Gasteiger partial charge in [0.05, 0.1) is 33.0 Å². The Morgan fingerprint density at radius 1 is 1.19 bits per heavy atom. The molecule has 0 saturated heterocycles. The smallest absolute Gasteiger partial charge is 0.338 e. The van der Waals surface area contributed by atoms with E-state index in [0.29, 0.717) is 38.6 Å². The maximum absolute atomic E-state index is 12.5. The number of thiocarbonyl (C=S) groups is 1. The molecule has 3 aromatic rings. The molecular weight excluding hydrogens is 502 g/mol. The predicted molar refractivity (Wildman–Crippen MR) is 129 cm³/mol. The van der Waals surface area contributed by atoms with Gasteiger partial charge in [0, 0.05) is 5.56 Å². The summed E-state index contributed by atoms with van der Waals surface area (Å²) in [5.74, 6) is -0.0870. The van der Waals surface area contributed by atoms with Crippen LogP contribution >= 0.6 is 39.5 Å². The lowest BCUT2D eigenvalue weighted by atomic mass is 10.2. The lowest BCUT2D eigenvalue weighted by Gasteiger charge is -2.09. The highest BCUT2D eigenvalue weighted by atomic mass is 79.9. The van der Waals surface area contributed by atoms with E-state index in [9.17, 15) is 9.59 Å². The predicted octanol–water partition coefficient (Wildman–Crippen LogP) is 5.15. The number of thiazole rings is 1.